The molecule has 0 aliphatic carbocycles. The van der Waals surface area contributed by atoms with E-state index in [4.69, 9.17) is 0 Å². The summed E-state index contributed by atoms with van der Waals surface area (Å²) in [5.74, 6) is -1.83. The Labute approximate surface area is 108 Å². The number of pyridine rings is 1. The summed E-state index contributed by atoms with van der Waals surface area (Å²) in [6.45, 7) is 0. The van der Waals surface area contributed by atoms with Crippen LogP contribution in [0.5, 0.6) is 0 Å². The van der Waals surface area contributed by atoms with Gasteiger partial charge in [-0.25, -0.2) is 4.98 Å². The molecule has 0 aliphatic rings. The molecule has 0 radical (unpaired) electrons. The SMILES string of the molecule is Fc1ccc(-c2cn3c(C(F)(F)F)nnc3cn2)cn1. The predicted octanol–water partition coefficient (Wildman–Crippen LogP) is 2.34. The molecule has 0 fully saturated rings. The summed E-state index contributed by atoms with van der Waals surface area (Å²) < 4.78 is 51.7. The van der Waals surface area contributed by atoms with Crippen molar-refractivity contribution in [1.82, 2.24) is 24.6 Å². The Balaban J connectivity index is 2.16. The van der Waals surface area contributed by atoms with Gasteiger partial charge in [-0.3, -0.25) is 9.38 Å². The molecule has 3 rings (SSSR count). The Morgan fingerprint density at radius 2 is 1.80 bits per heavy atom. The fraction of sp³-hybridized carbons (Fsp3) is 0.0909. The first kappa shape index (κ1) is 12.5. The van der Waals surface area contributed by atoms with Gasteiger partial charge in [0.15, 0.2) is 5.65 Å². The highest BCUT2D eigenvalue weighted by Crippen LogP contribution is 2.28. The quantitative estimate of drug-likeness (QED) is 0.508. The summed E-state index contributed by atoms with van der Waals surface area (Å²) in [6.07, 6.45) is -1.16. The van der Waals surface area contributed by atoms with Crippen molar-refractivity contribution in [2.45, 2.75) is 6.18 Å². The Bertz CT molecular complexity index is 763. The highest BCUT2D eigenvalue weighted by Gasteiger charge is 2.37. The molecule has 20 heavy (non-hydrogen) atoms. The van der Waals surface area contributed by atoms with Gasteiger partial charge in [-0.1, -0.05) is 0 Å². The Morgan fingerprint density at radius 1 is 1.00 bits per heavy atom. The molecule has 0 amide bonds. The third-order valence-corrected chi connectivity index (χ3v) is 2.57. The van der Waals surface area contributed by atoms with E-state index in [-0.39, 0.29) is 11.3 Å². The lowest BCUT2D eigenvalue weighted by Gasteiger charge is -2.05. The van der Waals surface area contributed by atoms with E-state index in [0.29, 0.717) is 5.56 Å². The topological polar surface area (TPSA) is 56.0 Å². The van der Waals surface area contributed by atoms with E-state index < -0.39 is 17.9 Å². The number of fused-ring (bicyclic) bond motifs is 1. The van der Waals surface area contributed by atoms with Crippen molar-refractivity contribution in [1.29, 1.82) is 0 Å². The molecule has 3 aromatic rings. The number of alkyl halides is 3. The van der Waals surface area contributed by atoms with Crippen molar-refractivity contribution in [3.8, 4) is 11.3 Å². The smallest absolute Gasteiger partial charge is 0.275 e. The number of hydrogen-bond acceptors (Lipinski definition) is 4. The second-order valence-electron chi connectivity index (χ2n) is 3.89. The molecule has 0 aromatic carbocycles. The van der Waals surface area contributed by atoms with Gasteiger partial charge in [0.05, 0.1) is 11.9 Å². The molecule has 0 aliphatic heterocycles. The maximum absolute atomic E-state index is 12.7. The summed E-state index contributed by atoms with van der Waals surface area (Å²) in [6, 6.07) is 2.46. The minimum absolute atomic E-state index is 0.0313. The first-order valence-corrected chi connectivity index (χ1v) is 5.35. The predicted molar refractivity (Wildman–Crippen MR) is 59.0 cm³/mol. The molecule has 0 unspecified atom stereocenters. The van der Waals surface area contributed by atoms with Gasteiger partial charge in [0, 0.05) is 18.0 Å². The molecule has 9 heteroatoms. The van der Waals surface area contributed by atoms with E-state index >= 15 is 0 Å². The van der Waals surface area contributed by atoms with Crippen LogP contribution in [0.1, 0.15) is 5.82 Å². The summed E-state index contributed by atoms with van der Waals surface area (Å²) in [5.41, 5.74) is 0.557. The second kappa shape index (κ2) is 4.22. The maximum atomic E-state index is 12.7. The van der Waals surface area contributed by atoms with Crippen LogP contribution in [-0.2, 0) is 6.18 Å². The fourth-order valence-electron chi connectivity index (χ4n) is 1.67. The van der Waals surface area contributed by atoms with Gasteiger partial charge >= 0.3 is 6.18 Å². The highest BCUT2D eigenvalue weighted by molar-refractivity contribution is 5.58. The molecule has 5 nitrogen and oxygen atoms in total. The molecule has 3 heterocycles. The van der Waals surface area contributed by atoms with E-state index in [1.807, 2.05) is 0 Å². The van der Waals surface area contributed by atoms with E-state index in [9.17, 15) is 17.6 Å². The van der Waals surface area contributed by atoms with Crippen molar-refractivity contribution in [3.63, 3.8) is 0 Å². The zero-order chi connectivity index (χ0) is 14.3. The van der Waals surface area contributed by atoms with Gasteiger partial charge in [0.25, 0.3) is 0 Å². The minimum Gasteiger partial charge on any atom is -0.275 e. The largest absolute Gasteiger partial charge is 0.452 e. The van der Waals surface area contributed by atoms with E-state index in [1.54, 1.807) is 0 Å². The zero-order valence-electron chi connectivity index (χ0n) is 9.63. The van der Waals surface area contributed by atoms with Gasteiger partial charge in [0.2, 0.25) is 11.8 Å². The van der Waals surface area contributed by atoms with Crippen molar-refractivity contribution < 1.29 is 17.6 Å². The van der Waals surface area contributed by atoms with Gasteiger partial charge < -0.3 is 0 Å². The lowest BCUT2D eigenvalue weighted by Crippen LogP contribution is -2.11. The van der Waals surface area contributed by atoms with Crippen LogP contribution in [0.4, 0.5) is 17.6 Å². The third kappa shape index (κ3) is 2.06. The van der Waals surface area contributed by atoms with Crippen LogP contribution < -0.4 is 0 Å². The average molecular weight is 283 g/mol. The number of halogens is 4. The summed E-state index contributed by atoms with van der Waals surface area (Å²) in [5, 5.41) is 6.48. The first-order chi connectivity index (χ1) is 9.45. The lowest BCUT2D eigenvalue weighted by molar-refractivity contribution is -0.145. The van der Waals surface area contributed by atoms with Crippen LogP contribution >= 0.6 is 0 Å². The fourth-order valence-corrected chi connectivity index (χ4v) is 1.67. The third-order valence-electron chi connectivity index (χ3n) is 2.57. The van der Waals surface area contributed by atoms with Gasteiger partial charge in [-0.2, -0.15) is 17.6 Å². The zero-order valence-corrected chi connectivity index (χ0v) is 9.63. The van der Waals surface area contributed by atoms with Crippen LogP contribution in [0, 0.1) is 5.95 Å². The normalized spacial score (nSPS) is 12.0. The van der Waals surface area contributed by atoms with Gasteiger partial charge in [-0.05, 0) is 12.1 Å². The molecule has 0 atom stereocenters. The number of aromatic nitrogens is 5. The first-order valence-electron chi connectivity index (χ1n) is 5.35. The summed E-state index contributed by atoms with van der Waals surface area (Å²) in [4.78, 5) is 7.37. The van der Waals surface area contributed by atoms with Crippen LogP contribution in [0.25, 0.3) is 16.9 Å². The van der Waals surface area contributed by atoms with Crippen molar-refractivity contribution in [3.05, 3.63) is 42.5 Å². The molecule has 0 N–H and O–H groups in total. The summed E-state index contributed by atoms with van der Waals surface area (Å²) in [7, 11) is 0. The molecular formula is C11H5F4N5. The summed E-state index contributed by atoms with van der Waals surface area (Å²) >= 11 is 0. The Kier molecular flexibility index (Phi) is 2.63. The van der Waals surface area contributed by atoms with Crippen LogP contribution in [0.2, 0.25) is 0 Å². The van der Waals surface area contributed by atoms with Crippen molar-refractivity contribution >= 4 is 5.65 Å². The molecule has 0 saturated heterocycles. The van der Waals surface area contributed by atoms with Gasteiger partial charge in [0.1, 0.15) is 0 Å². The standard InChI is InChI=1S/C11H5F4N5/c12-8-2-1-6(3-17-8)7-5-20-9(4-16-7)18-19-10(20)11(13,14)15/h1-5H. The molecular weight excluding hydrogens is 278 g/mol. The molecule has 0 spiro atoms. The number of rotatable bonds is 1. The monoisotopic (exact) mass is 283 g/mol. The van der Waals surface area contributed by atoms with E-state index in [2.05, 4.69) is 20.2 Å². The minimum atomic E-state index is -4.63. The van der Waals surface area contributed by atoms with E-state index in [0.717, 1.165) is 22.9 Å². The molecule has 102 valence electrons. The van der Waals surface area contributed by atoms with E-state index in [1.165, 1.54) is 12.3 Å². The van der Waals surface area contributed by atoms with Gasteiger partial charge in [-0.15, -0.1) is 10.2 Å². The van der Waals surface area contributed by atoms with Crippen LogP contribution in [0.3, 0.4) is 0 Å². The molecule has 0 saturated carbocycles. The van der Waals surface area contributed by atoms with Crippen LogP contribution in [-0.4, -0.2) is 24.6 Å². The van der Waals surface area contributed by atoms with Crippen molar-refractivity contribution in [2.75, 3.05) is 0 Å². The second-order valence-corrected chi connectivity index (χ2v) is 3.89. The Hall–Kier alpha value is -2.58. The maximum Gasteiger partial charge on any atom is 0.452 e. The molecule has 3 aromatic heterocycles. The molecule has 0 bridgehead atoms. The lowest BCUT2D eigenvalue weighted by atomic mass is 10.2. The van der Waals surface area contributed by atoms with Crippen LogP contribution in [0.15, 0.2) is 30.7 Å². The Morgan fingerprint density at radius 3 is 2.45 bits per heavy atom. The highest BCUT2D eigenvalue weighted by atomic mass is 19.4. The van der Waals surface area contributed by atoms with Crippen molar-refractivity contribution in [2.24, 2.45) is 0 Å². The average Bonchev–Trinajstić information content (AvgIpc) is 2.82. The number of nitrogens with zero attached hydrogens (tertiary/aromatic N) is 5. The number of hydrogen-bond donors (Lipinski definition) is 0.